The molecule has 6 nitrogen and oxygen atoms in total. The molecular formula is C9H16N6. The molecule has 15 heavy (non-hydrogen) atoms. The van der Waals surface area contributed by atoms with Crippen LogP contribution in [0, 0.1) is 0 Å². The van der Waals surface area contributed by atoms with E-state index >= 15 is 0 Å². The Hall–Kier alpha value is -1.85. The molecule has 0 atom stereocenters. The molecule has 0 aromatic carbocycles. The van der Waals surface area contributed by atoms with Crippen molar-refractivity contribution >= 4 is 22.9 Å². The van der Waals surface area contributed by atoms with E-state index in [9.17, 15) is 0 Å². The second-order valence-corrected chi connectivity index (χ2v) is 2.71. The summed E-state index contributed by atoms with van der Waals surface area (Å²) < 4.78 is 1.80. The highest BCUT2D eigenvalue weighted by atomic mass is 15.2. The van der Waals surface area contributed by atoms with Crippen LogP contribution >= 0.6 is 0 Å². The minimum atomic E-state index is 0.398. The predicted molar refractivity (Wildman–Crippen MR) is 61.6 cm³/mol. The first-order valence-corrected chi connectivity index (χ1v) is 4.84. The van der Waals surface area contributed by atoms with Crippen molar-refractivity contribution in [3.63, 3.8) is 0 Å². The Bertz CT molecular complexity index is 447. The van der Waals surface area contributed by atoms with E-state index in [0.717, 1.165) is 5.65 Å². The summed E-state index contributed by atoms with van der Waals surface area (Å²) in [5.74, 6) is 0.906. The van der Waals surface area contributed by atoms with Gasteiger partial charge in [0.15, 0.2) is 11.5 Å². The number of fused-ring (bicyclic) bond motifs is 1. The largest absolute Gasteiger partial charge is 0.382 e. The number of rotatable bonds is 1. The summed E-state index contributed by atoms with van der Waals surface area (Å²) in [6, 6.07) is 0. The van der Waals surface area contributed by atoms with Gasteiger partial charge in [0.1, 0.15) is 5.52 Å². The Labute approximate surface area is 88.5 Å². The van der Waals surface area contributed by atoms with Gasteiger partial charge >= 0.3 is 0 Å². The molecule has 0 amide bonds. The molecule has 0 aliphatic rings. The second-order valence-electron chi connectivity index (χ2n) is 2.71. The van der Waals surface area contributed by atoms with Crippen LogP contribution in [0.4, 0.5) is 11.8 Å². The van der Waals surface area contributed by atoms with Gasteiger partial charge in [-0.1, -0.05) is 13.8 Å². The fourth-order valence-corrected chi connectivity index (χ4v) is 1.14. The summed E-state index contributed by atoms with van der Waals surface area (Å²) in [5.41, 5.74) is 7.05. The lowest BCUT2D eigenvalue weighted by Gasteiger charge is -2.00. The van der Waals surface area contributed by atoms with E-state index in [1.54, 1.807) is 17.9 Å². The summed E-state index contributed by atoms with van der Waals surface area (Å²) in [6.45, 7) is 4.00. The van der Waals surface area contributed by atoms with E-state index in [1.165, 1.54) is 0 Å². The zero-order valence-electron chi connectivity index (χ0n) is 9.44. The van der Waals surface area contributed by atoms with E-state index in [4.69, 9.17) is 5.73 Å². The molecule has 0 aliphatic heterocycles. The number of anilines is 2. The maximum absolute atomic E-state index is 5.68. The van der Waals surface area contributed by atoms with Gasteiger partial charge in [0.05, 0.1) is 6.33 Å². The summed E-state index contributed by atoms with van der Waals surface area (Å²) in [4.78, 5) is 12.3. The number of aromatic nitrogens is 4. The van der Waals surface area contributed by atoms with Crippen molar-refractivity contribution in [1.82, 2.24) is 19.5 Å². The van der Waals surface area contributed by atoms with Gasteiger partial charge in [-0.15, -0.1) is 0 Å². The molecule has 0 saturated heterocycles. The van der Waals surface area contributed by atoms with Crippen LogP contribution in [0.2, 0.25) is 0 Å². The standard InChI is InChI=1S/C7H10N6.C2H6/c1-9-7-11-5(8)4-6(12-7)13(2)3-10-4;1-2/h3H,1-2H3,(H3,8,9,11,12);1-2H3. The molecular weight excluding hydrogens is 192 g/mol. The normalized spacial score (nSPS) is 9.60. The van der Waals surface area contributed by atoms with Crippen LogP contribution in [-0.2, 0) is 7.05 Å². The topological polar surface area (TPSA) is 81.6 Å². The van der Waals surface area contributed by atoms with Crippen molar-refractivity contribution < 1.29 is 0 Å². The highest BCUT2D eigenvalue weighted by molar-refractivity contribution is 5.82. The van der Waals surface area contributed by atoms with Gasteiger partial charge in [-0.25, -0.2) is 4.98 Å². The third kappa shape index (κ3) is 1.98. The fourth-order valence-electron chi connectivity index (χ4n) is 1.14. The number of nitrogens with two attached hydrogens (primary N) is 1. The van der Waals surface area contributed by atoms with E-state index < -0.39 is 0 Å². The van der Waals surface area contributed by atoms with Gasteiger partial charge in [0.2, 0.25) is 5.95 Å². The number of hydrogen-bond acceptors (Lipinski definition) is 5. The minimum absolute atomic E-state index is 0.398. The lowest BCUT2D eigenvalue weighted by atomic mass is 10.5. The molecule has 0 bridgehead atoms. The van der Waals surface area contributed by atoms with Crippen molar-refractivity contribution in [1.29, 1.82) is 0 Å². The Balaban J connectivity index is 0.000000531. The third-order valence-electron chi connectivity index (χ3n) is 1.81. The lowest BCUT2D eigenvalue weighted by molar-refractivity contribution is 0.929. The summed E-state index contributed by atoms with van der Waals surface area (Å²) in [7, 11) is 3.61. The van der Waals surface area contributed by atoms with Crippen molar-refractivity contribution in [2.45, 2.75) is 13.8 Å². The summed E-state index contributed by atoms with van der Waals surface area (Å²) in [5, 5.41) is 2.83. The Morgan fingerprint density at radius 3 is 2.60 bits per heavy atom. The average Bonchev–Trinajstić information content (AvgIpc) is 2.64. The van der Waals surface area contributed by atoms with Crippen LogP contribution in [0.25, 0.3) is 11.2 Å². The van der Waals surface area contributed by atoms with Gasteiger partial charge in [-0.3, -0.25) is 0 Å². The van der Waals surface area contributed by atoms with Crippen molar-refractivity contribution in [3.05, 3.63) is 6.33 Å². The maximum Gasteiger partial charge on any atom is 0.226 e. The van der Waals surface area contributed by atoms with Crippen molar-refractivity contribution in [3.8, 4) is 0 Å². The molecule has 2 heterocycles. The Morgan fingerprint density at radius 1 is 1.33 bits per heavy atom. The molecule has 6 heteroatoms. The van der Waals surface area contributed by atoms with E-state index in [2.05, 4.69) is 20.3 Å². The Kier molecular flexibility index (Phi) is 3.43. The van der Waals surface area contributed by atoms with E-state index in [-0.39, 0.29) is 0 Å². The number of nitrogens with one attached hydrogen (secondary N) is 1. The first-order valence-electron chi connectivity index (χ1n) is 4.84. The summed E-state index contributed by atoms with van der Waals surface area (Å²) in [6.07, 6.45) is 1.66. The molecule has 3 N–H and O–H groups in total. The number of hydrogen-bond donors (Lipinski definition) is 2. The minimum Gasteiger partial charge on any atom is -0.382 e. The second kappa shape index (κ2) is 4.59. The molecule has 2 rings (SSSR count). The van der Waals surface area contributed by atoms with Crippen LogP contribution in [-0.4, -0.2) is 26.6 Å². The maximum atomic E-state index is 5.68. The zero-order chi connectivity index (χ0) is 11.4. The number of nitrogens with zero attached hydrogens (tertiary/aromatic N) is 4. The van der Waals surface area contributed by atoms with Crippen molar-refractivity contribution in [2.75, 3.05) is 18.1 Å². The molecule has 0 fully saturated rings. The number of imidazole rings is 1. The van der Waals surface area contributed by atoms with Crippen LogP contribution < -0.4 is 11.1 Å². The molecule has 2 aromatic heterocycles. The average molecular weight is 208 g/mol. The molecule has 0 unspecified atom stereocenters. The van der Waals surface area contributed by atoms with Crippen LogP contribution in [0.3, 0.4) is 0 Å². The lowest BCUT2D eigenvalue weighted by Crippen LogP contribution is -2.02. The van der Waals surface area contributed by atoms with E-state index in [1.807, 2.05) is 20.9 Å². The quantitative estimate of drug-likeness (QED) is 0.731. The van der Waals surface area contributed by atoms with Gasteiger partial charge < -0.3 is 15.6 Å². The van der Waals surface area contributed by atoms with Gasteiger partial charge in [0, 0.05) is 14.1 Å². The van der Waals surface area contributed by atoms with Crippen molar-refractivity contribution in [2.24, 2.45) is 7.05 Å². The highest BCUT2D eigenvalue weighted by Crippen LogP contribution is 2.16. The van der Waals surface area contributed by atoms with Crippen LogP contribution in [0.5, 0.6) is 0 Å². The smallest absolute Gasteiger partial charge is 0.226 e. The first-order chi connectivity index (χ1) is 7.22. The zero-order valence-corrected chi connectivity index (χ0v) is 9.44. The van der Waals surface area contributed by atoms with Crippen LogP contribution in [0.15, 0.2) is 6.33 Å². The summed E-state index contributed by atoms with van der Waals surface area (Å²) >= 11 is 0. The van der Waals surface area contributed by atoms with Gasteiger partial charge in [-0.2, -0.15) is 9.97 Å². The molecule has 0 saturated carbocycles. The van der Waals surface area contributed by atoms with Gasteiger partial charge in [0.25, 0.3) is 0 Å². The fraction of sp³-hybridized carbons (Fsp3) is 0.444. The first kappa shape index (κ1) is 11.2. The van der Waals surface area contributed by atoms with Gasteiger partial charge in [-0.05, 0) is 0 Å². The molecule has 82 valence electrons. The van der Waals surface area contributed by atoms with Crippen LogP contribution in [0.1, 0.15) is 13.8 Å². The third-order valence-corrected chi connectivity index (χ3v) is 1.81. The monoisotopic (exact) mass is 208 g/mol. The SMILES string of the molecule is CC.CNc1nc(N)c2ncn(C)c2n1. The number of aryl methyl sites for hydroxylation is 1. The molecule has 2 aromatic rings. The van der Waals surface area contributed by atoms with E-state index in [0.29, 0.717) is 17.3 Å². The Morgan fingerprint density at radius 2 is 2.00 bits per heavy atom. The highest BCUT2D eigenvalue weighted by Gasteiger charge is 2.07. The predicted octanol–water partition coefficient (Wildman–Crippen LogP) is 1.01. The molecule has 0 radical (unpaired) electrons. The molecule has 0 spiro atoms. The molecule has 0 aliphatic carbocycles. The number of nitrogen functional groups attached to an aromatic ring is 1.